The molecular formula is C16H21N3O3S. The third-order valence-corrected chi connectivity index (χ3v) is 4.93. The molecule has 2 aromatic rings. The van der Waals surface area contributed by atoms with Crippen LogP contribution in [0, 0.1) is 0 Å². The molecule has 0 unspecified atom stereocenters. The number of rotatable bonds is 4. The number of amides is 1. The second-order valence-corrected chi connectivity index (χ2v) is 7.89. The molecule has 0 spiro atoms. The normalized spacial score (nSPS) is 19.2. The van der Waals surface area contributed by atoms with E-state index in [-0.39, 0.29) is 11.9 Å². The fourth-order valence-electron chi connectivity index (χ4n) is 3.16. The van der Waals surface area contributed by atoms with Gasteiger partial charge in [0, 0.05) is 36.2 Å². The van der Waals surface area contributed by atoms with Gasteiger partial charge in [-0.1, -0.05) is 18.2 Å². The molecule has 1 aliphatic heterocycles. The van der Waals surface area contributed by atoms with Gasteiger partial charge in [0.2, 0.25) is 15.9 Å². The molecule has 1 aromatic heterocycles. The summed E-state index contributed by atoms with van der Waals surface area (Å²) in [6, 6.07) is 7.70. The van der Waals surface area contributed by atoms with Crippen LogP contribution in [-0.2, 0) is 21.2 Å². The molecule has 1 atom stereocenters. The Bertz CT molecular complexity index is 813. The molecule has 1 amide bonds. The average molecular weight is 335 g/mol. The zero-order valence-electron chi connectivity index (χ0n) is 13.1. The first-order valence-corrected chi connectivity index (χ1v) is 9.61. The minimum atomic E-state index is -3.24. The number of aromatic nitrogens is 1. The number of likely N-dealkylation sites (tertiary alicyclic amines) is 1. The highest BCUT2D eigenvalue weighted by Gasteiger charge is 2.25. The van der Waals surface area contributed by atoms with Crippen molar-refractivity contribution in [1.82, 2.24) is 14.6 Å². The maximum Gasteiger partial charge on any atom is 0.227 e. The number of para-hydroxylation sites is 1. The second-order valence-electron chi connectivity index (χ2n) is 6.11. The molecule has 1 aromatic carbocycles. The lowest BCUT2D eigenvalue weighted by molar-refractivity contribution is -0.131. The fourth-order valence-corrected chi connectivity index (χ4v) is 3.95. The number of carbonyl (C=O) groups excluding carboxylic acids is 1. The van der Waals surface area contributed by atoms with Crippen LogP contribution >= 0.6 is 0 Å². The van der Waals surface area contributed by atoms with Gasteiger partial charge in [0.25, 0.3) is 0 Å². The van der Waals surface area contributed by atoms with Gasteiger partial charge >= 0.3 is 0 Å². The summed E-state index contributed by atoms with van der Waals surface area (Å²) in [5.74, 6) is 0.0368. The van der Waals surface area contributed by atoms with E-state index in [1.165, 1.54) is 0 Å². The first-order chi connectivity index (χ1) is 10.9. The van der Waals surface area contributed by atoms with Gasteiger partial charge in [-0.05, 0) is 24.5 Å². The number of carbonyl (C=O) groups is 1. The van der Waals surface area contributed by atoms with Crippen LogP contribution in [0.2, 0.25) is 0 Å². The predicted molar refractivity (Wildman–Crippen MR) is 89.6 cm³/mol. The Hall–Kier alpha value is -1.86. The van der Waals surface area contributed by atoms with E-state index in [4.69, 9.17) is 0 Å². The van der Waals surface area contributed by atoms with Crippen LogP contribution < -0.4 is 4.72 Å². The van der Waals surface area contributed by atoms with Gasteiger partial charge in [0.05, 0.1) is 12.7 Å². The summed E-state index contributed by atoms with van der Waals surface area (Å²) in [4.78, 5) is 17.5. The quantitative estimate of drug-likeness (QED) is 0.882. The molecule has 1 fully saturated rings. The van der Waals surface area contributed by atoms with Crippen molar-refractivity contribution in [3.05, 3.63) is 36.0 Å². The predicted octanol–water partition coefficient (Wildman–Crippen LogP) is 1.25. The molecule has 2 N–H and O–H groups in total. The number of fused-ring (bicyclic) bond motifs is 1. The first kappa shape index (κ1) is 16.0. The number of sulfonamides is 1. The maximum absolute atomic E-state index is 12.6. The number of hydrogen-bond acceptors (Lipinski definition) is 3. The zero-order chi connectivity index (χ0) is 16.4. The van der Waals surface area contributed by atoms with E-state index in [1.54, 1.807) is 4.90 Å². The van der Waals surface area contributed by atoms with Crippen molar-refractivity contribution >= 4 is 26.8 Å². The minimum Gasteiger partial charge on any atom is -0.361 e. The molecule has 124 valence electrons. The molecule has 0 bridgehead atoms. The summed E-state index contributed by atoms with van der Waals surface area (Å²) in [6.07, 6.45) is 4.94. The van der Waals surface area contributed by atoms with Gasteiger partial charge < -0.3 is 9.88 Å². The molecule has 1 saturated heterocycles. The van der Waals surface area contributed by atoms with Crippen molar-refractivity contribution in [2.45, 2.75) is 25.3 Å². The summed E-state index contributed by atoms with van der Waals surface area (Å²) in [5.41, 5.74) is 1.99. The van der Waals surface area contributed by atoms with Gasteiger partial charge in [0.1, 0.15) is 0 Å². The van der Waals surface area contributed by atoms with Crippen LogP contribution in [0.1, 0.15) is 18.4 Å². The van der Waals surface area contributed by atoms with E-state index in [2.05, 4.69) is 9.71 Å². The van der Waals surface area contributed by atoms with E-state index >= 15 is 0 Å². The Kier molecular flexibility index (Phi) is 4.41. The van der Waals surface area contributed by atoms with Gasteiger partial charge in [-0.15, -0.1) is 0 Å². The standard InChI is InChI=1S/C16H21N3O3S/c1-23(21,22)18-13-5-4-8-19(11-13)16(20)9-12-10-17-15-7-3-2-6-14(12)15/h2-3,6-7,10,13,17-18H,4-5,8-9,11H2,1H3/t13-/m0/s1. The van der Waals surface area contributed by atoms with Crippen molar-refractivity contribution < 1.29 is 13.2 Å². The number of hydrogen-bond donors (Lipinski definition) is 2. The number of benzene rings is 1. The molecule has 7 heteroatoms. The zero-order valence-corrected chi connectivity index (χ0v) is 13.9. The van der Waals surface area contributed by atoms with Crippen molar-refractivity contribution in [2.24, 2.45) is 0 Å². The van der Waals surface area contributed by atoms with Crippen LogP contribution in [0.15, 0.2) is 30.5 Å². The van der Waals surface area contributed by atoms with E-state index in [0.29, 0.717) is 19.5 Å². The third kappa shape index (κ3) is 3.92. The molecule has 23 heavy (non-hydrogen) atoms. The molecular weight excluding hydrogens is 314 g/mol. The summed E-state index contributed by atoms with van der Waals surface area (Å²) < 4.78 is 25.3. The molecule has 1 aliphatic rings. The highest BCUT2D eigenvalue weighted by molar-refractivity contribution is 7.88. The van der Waals surface area contributed by atoms with Gasteiger partial charge in [-0.2, -0.15) is 0 Å². The van der Waals surface area contributed by atoms with E-state index in [9.17, 15) is 13.2 Å². The number of H-pyrrole nitrogens is 1. The fraction of sp³-hybridized carbons (Fsp3) is 0.438. The largest absolute Gasteiger partial charge is 0.361 e. The smallest absolute Gasteiger partial charge is 0.227 e. The van der Waals surface area contributed by atoms with Crippen molar-refractivity contribution in [3.63, 3.8) is 0 Å². The maximum atomic E-state index is 12.6. The van der Waals surface area contributed by atoms with Crippen LogP contribution in [0.25, 0.3) is 10.9 Å². The Balaban J connectivity index is 1.68. The van der Waals surface area contributed by atoms with Crippen LogP contribution in [0.4, 0.5) is 0 Å². The monoisotopic (exact) mass is 335 g/mol. The highest BCUT2D eigenvalue weighted by Crippen LogP contribution is 2.20. The SMILES string of the molecule is CS(=O)(=O)N[C@H]1CCCN(C(=O)Cc2c[nH]c3ccccc23)C1. The Morgan fingerprint density at radius 1 is 1.39 bits per heavy atom. The number of nitrogens with one attached hydrogen (secondary N) is 2. The highest BCUT2D eigenvalue weighted by atomic mass is 32.2. The van der Waals surface area contributed by atoms with Crippen LogP contribution in [-0.4, -0.2) is 49.6 Å². The number of aromatic amines is 1. The lowest BCUT2D eigenvalue weighted by Crippen LogP contribution is -2.49. The number of piperidine rings is 1. The Morgan fingerprint density at radius 3 is 2.96 bits per heavy atom. The molecule has 0 aliphatic carbocycles. The van der Waals surface area contributed by atoms with Crippen LogP contribution in [0.5, 0.6) is 0 Å². The van der Waals surface area contributed by atoms with E-state index < -0.39 is 10.0 Å². The average Bonchev–Trinajstić information content (AvgIpc) is 2.89. The third-order valence-electron chi connectivity index (χ3n) is 4.17. The molecule has 0 radical (unpaired) electrons. The van der Waals surface area contributed by atoms with Gasteiger partial charge in [-0.3, -0.25) is 4.79 Å². The van der Waals surface area contributed by atoms with Crippen molar-refractivity contribution in [1.29, 1.82) is 0 Å². The lowest BCUT2D eigenvalue weighted by atomic mass is 10.0. The van der Waals surface area contributed by atoms with Crippen molar-refractivity contribution in [3.8, 4) is 0 Å². The van der Waals surface area contributed by atoms with Gasteiger partial charge in [-0.25, -0.2) is 13.1 Å². The topological polar surface area (TPSA) is 82.3 Å². The molecule has 6 nitrogen and oxygen atoms in total. The summed E-state index contributed by atoms with van der Waals surface area (Å²) in [6.45, 7) is 1.12. The Labute approximate surface area is 135 Å². The van der Waals surface area contributed by atoms with E-state index in [0.717, 1.165) is 35.6 Å². The lowest BCUT2D eigenvalue weighted by Gasteiger charge is -2.32. The van der Waals surface area contributed by atoms with Crippen LogP contribution in [0.3, 0.4) is 0 Å². The van der Waals surface area contributed by atoms with Gasteiger partial charge in [0.15, 0.2) is 0 Å². The van der Waals surface area contributed by atoms with Crippen molar-refractivity contribution in [2.75, 3.05) is 19.3 Å². The molecule has 3 rings (SSSR count). The molecule has 0 saturated carbocycles. The number of nitrogens with zero attached hydrogens (tertiary/aromatic N) is 1. The summed E-state index contributed by atoms with van der Waals surface area (Å²) >= 11 is 0. The molecule has 2 heterocycles. The second kappa shape index (κ2) is 6.33. The Morgan fingerprint density at radius 2 is 2.17 bits per heavy atom. The first-order valence-electron chi connectivity index (χ1n) is 7.72. The minimum absolute atomic E-state index is 0.0368. The summed E-state index contributed by atoms with van der Waals surface area (Å²) in [5, 5.41) is 1.06. The summed E-state index contributed by atoms with van der Waals surface area (Å²) in [7, 11) is -3.24. The van der Waals surface area contributed by atoms with E-state index in [1.807, 2.05) is 30.5 Å².